The summed E-state index contributed by atoms with van der Waals surface area (Å²) < 4.78 is 21.4. The van der Waals surface area contributed by atoms with E-state index in [1.165, 1.54) is 7.11 Å². The Labute approximate surface area is 139 Å². The summed E-state index contributed by atoms with van der Waals surface area (Å²) in [6.45, 7) is 2.22. The van der Waals surface area contributed by atoms with Crippen LogP contribution in [0.5, 0.6) is 11.5 Å². The van der Waals surface area contributed by atoms with Crippen LogP contribution < -0.4 is 9.47 Å². The Balaban J connectivity index is 1.88. The molecule has 0 saturated carbocycles. The van der Waals surface area contributed by atoms with Crippen LogP contribution in [0.1, 0.15) is 21.7 Å². The predicted octanol–water partition coefficient (Wildman–Crippen LogP) is 4.12. The molecule has 0 radical (unpaired) electrons. The fourth-order valence-electron chi connectivity index (χ4n) is 2.56. The van der Waals surface area contributed by atoms with Crippen LogP contribution in [0.2, 0.25) is 0 Å². The van der Waals surface area contributed by atoms with Gasteiger partial charge in [-0.05, 0) is 36.8 Å². The Morgan fingerprint density at radius 2 is 1.83 bits per heavy atom. The first-order valence-corrected chi connectivity index (χ1v) is 7.50. The molecule has 3 aromatic rings. The Hall–Kier alpha value is -2.95. The number of methoxy groups -OCH3 is 2. The summed E-state index contributed by atoms with van der Waals surface area (Å²) in [6, 6.07) is 13.2. The van der Waals surface area contributed by atoms with Gasteiger partial charge in [-0.25, -0.2) is 4.79 Å². The molecule has 1 aromatic heterocycles. The number of carbonyl (C=O) groups excluding carboxylic acids is 1. The molecule has 0 N–H and O–H groups in total. The molecule has 24 heavy (non-hydrogen) atoms. The Morgan fingerprint density at radius 3 is 2.50 bits per heavy atom. The zero-order valence-corrected chi connectivity index (χ0v) is 13.8. The summed E-state index contributed by atoms with van der Waals surface area (Å²) in [4.78, 5) is 11.8. The highest BCUT2D eigenvalue weighted by Gasteiger charge is 2.20. The number of ether oxygens (including phenoxy) is 3. The molecular weight excluding hydrogens is 308 g/mol. The van der Waals surface area contributed by atoms with Gasteiger partial charge in [0.1, 0.15) is 23.7 Å². The molecule has 2 aromatic carbocycles. The van der Waals surface area contributed by atoms with Crippen LogP contribution in [0.4, 0.5) is 0 Å². The van der Waals surface area contributed by atoms with E-state index in [1.54, 1.807) is 13.2 Å². The number of esters is 1. The average Bonchev–Trinajstić information content (AvgIpc) is 2.97. The van der Waals surface area contributed by atoms with Gasteiger partial charge in [-0.15, -0.1) is 0 Å². The molecule has 0 aliphatic heterocycles. The van der Waals surface area contributed by atoms with Crippen LogP contribution in [0.3, 0.4) is 0 Å². The van der Waals surface area contributed by atoms with Crippen LogP contribution in [-0.4, -0.2) is 20.2 Å². The molecule has 0 unspecified atom stereocenters. The number of hydrogen-bond acceptors (Lipinski definition) is 5. The maximum absolute atomic E-state index is 11.8. The summed E-state index contributed by atoms with van der Waals surface area (Å²) in [6.07, 6.45) is 0. The van der Waals surface area contributed by atoms with Gasteiger partial charge in [-0.1, -0.05) is 18.2 Å². The molecule has 0 saturated heterocycles. The molecule has 5 nitrogen and oxygen atoms in total. The minimum absolute atomic E-state index is 0.202. The van der Waals surface area contributed by atoms with Gasteiger partial charge < -0.3 is 18.6 Å². The van der Waals surface area contributed by atoms with E-state index in [0.717, 1.165) is 16.7 Å². The topological polar surface area (TPSA) is 57.9 Å². The third kappa shape index (κ3) is 2.93. The molecule has 0 fully saturated rings. The summed E-state index contributed by atoms with van der Waals surface area (Å²) in [5, 5.41) is 0.784. The van der Waals surface area contributed by atoms with Gasteiger partial charge in [0.25, 0.3) is 0 Å². The smallest absolute Gasteiger partial charge is 0.374 e. The standard InChI is InChI=1S/C19H18O5/c1-12-17-15(23-11-13-7-9-14(21-2)10-8-13)5-4-6-16(17)24-18(12)19(20)22-3/h4-10H,11H2,1-3H3. The lowest BCUT2D eigenvalue weighted by atomic mass is 10.1. The third-order valence-corrected chi connectivity index (χ3v) is 3.84. The highest BCUT2D eigenvalue weighted by molar-refractivity contribution is 5.98. The Kier molecular flexibility index (Phi) is 4.42. The van der Waals surface area contributed by atoms with Crippen LogP contribution >= 0.6 is 0 Å². The van der Waals surface area contributed by atoms with Crippen molar-refractivity contribution in [3.63, 3.8) is 0 Å². The normalized spacial score (nSPS) is 10.6. The highest BCUT2D eigenvalue weighted by Crippen LogP contribution is 2.33. The fourth-order valence-corrected chi connectivity index (χ4v) is 2.56. The number of rotatable bonds is 5. The second-order valence-corrected chi connectivity index (χ2v) is 5.31. The van der Waals surface area contributed by atoms with Crippen molar-refractivity contribution < 1.29 is 23.4 Å². The van der Waals surface area contributed by atoms with Crippen molar-refractivity contribution in [2.45, 2.75) is 13.5 Å². The van der Waals surface area contributed by atoms with E-state index in [4.69, 9.17) is 18.6 Å². The zero-order chi connectivity index (χ0) is 17.1. The quantitative estimate of drug-likeness (QED) is 0.660. The first kappa shape index (κ1) is 15.9. The summed E-state index contributed by atoms with van der Waals surface area (Å²) >= 11 is 0. The summed E-state index contributed by atoms with van der Waals surface area (Å²) in [5.74, 6) is 1.17. The van der Waals surface area contributed by atoms with Gasteiger partial charge in [0.15, 0.2) is 0 Å². The van der Waals surface area contributed by atoms with Crippen molar-refractivity contribution in [3.05, 3.63) is 59.4 Å². The van der Waals surface area contributed by atoms with E-state index in [0.29, 0.717) is 23.5 Å². The van der Waals surface area contributed by atoms with Crippen molar-refractivity contribution >= 4 is 16.9 Å². The largest absolute Gasteiger partial charge is 0.497 e. The van der Waals surface area contributed by atoms with Gasteiger partial charge in [0, 0.05) is 5.56 Å². The van der Waals surface area contributed by atoms with E-state index in [2.05, 4.69) is 0 Å². The number of fused-ring (bicyclic) bond motifs is 1. The summed E-state index contributed by atoms with van der Waals surface area (Å²) in [7, 11) is 2.96. The van der Waals surface area contributed by atoms with Gasteiger partial charge in [0.05, 0.1) is 19.6 Å². The van der Waals surface area contributed by atoms with Gasteiger partial charge in [0.2, 0.25) is 5.76 Å². The first-order valence-electron chi connectivity index (χ1n) is 7.50. The van der Waals surface area contributed by atoms with Crippen molar-refractivity contribution in [3.8, 4) is 11.5 Å². The lowest BCUT2D eigenvalue weighted by molar-refractivity contribution is 0.0566. The average molecular weight is 326 g/mol. The van der Waals surface area contributed by atoms with Gasteiger partial charge >= 0.3 is 5.97 Å². The summed E-state index contributed by atoms with van der Waals surface area (Å²) in [5.41, 5.74) is 2.32. The van der Waals surface area contributed by atoms with Gasteiger partial charge in [-0.3, -0.25) is 0 Å². The molecule has 1 heterocycles. The minimum Gasteiger partial charge on any atom is -0.497 e. The molecule has 0 bridgehead atoms. The second kappa shape index (κ2) is 6.66. The fraction of sp³-hybridized carbons (Fsp3) is 0.211. The number of carbonyl (C=O) groups is 1. The minimum atomic E-state index is -0.496. The second-order valence-electron chi connectivity index (χ2n) is 5.31. The molecule has 0 atom stereocenters. The highest BCUT2D eigenvalue weighted by atomic mass is 16.5. The zero-order valence-electron chi connectivity index (χ0n) is 13.8. The number of hydrogen-bond donors (Lipinski definition) is 0. The maximum atomic E-state index is 11.8. The molecule has 3 rings (SSSR count). The van der Waals surface area contributed by atoms with E-state index >= 15 is 0 Å². The number of benzene rings is 2. The van der Waals surface area contributed by atoms with Gasteiger partial charge in [-0.2, -0.15) is 0 Å². The number of furan rings is 1. The van der Waals surface area contributed by atoms with E-state index in [1.807, 2.05) is 43.3 Å². The van der Waals surface area contributed by atoms with Crippen molar-refractivity contribution in [1.82, 2.24) is 0 Å². The molecule has 0 aliphatic rings. The molecular formula is C19H18O5. The Morgan fingerprint density at radius 1 is 1.08 bits per heavy atom. The molecule has 5 heteroatoms. The molecule has 0 aliphatic carbocycles. The van der Waals surface area contributed by atoms with Crippen LogP contribution in [0.25, 0.3) is 11.0 Å². The predicted molar refractivity (Wildman–Crippen MR) is 89.6 cm³/mol. The van der Waals surface area contributed by atoms with Crippen LogP contribution in [0, 0.1) is 6.92 Å². The lowest BCUT2D eigenvalue weighted by Crippen LogP contribution is -2.01. The molecule has 124 valence electrons. The number of aryl methyl sites for hydroxylation is 1. The third-order valence-electron chi connectivity index (χ3n) is 3.84. The SMILES string of the molecule is COC(=O)c1oc2cccc(OCc3ccc(OC)cc3)c2c1C. The van der Waals surface area contributed by atoms with E-state index in [9.17, 15) is 4.79 Å². The van der Waals surface area contributed by atoms with Crippen LogP contribution in [-0.2, 0) is 11.3 Å². The van der Waals surface area contributed by atoms with Crippen molar-refractivity contribution in [2.24, 2.45) is 0 Å². The Bertz CT molecular complexity index is 861. The lowest BCUT2D eigenvalue weighted by Gasteiger charge is -2.08. The van der Waals surface area contributed by atoms with E-state index in [-0.39, 0.29) is 5.76 Å². The first-order chi connectivity index (χ1) is 11.6. The maximum Gasteiger partial charge on any atom is 0.374 e. The molecule has 0 amide bonds. The monoisotopic (exact) mass is 326 g/mol. The van der Waals surface area contributed by atoms with Crippen molar-refractivity contribution in [1.29, 1.82) is 0 Å². The van der Waals surface area contributed by atoms with Crippen LogP contribution in [0.15, 0.2) is 46.9 Å². The molecule has 0 spiro atoms. The van der Waals surface area contributed by atoms with Crippen molar-refractivity contribution in [2.75, 3.05) is 14.2 Å². The van der Waals surface area contributed by atoms with E-state index < -0.39 is 5.97 Å².